The number of rotatable bonds is 4. The summed E-state index contributed by atoms with van der Waals surface area (Å²) >= 11 is 0. The van der Waals surface area contributed by atoms with Gasteiger partial charge in [0.05, 0.1) is 28.4 Å². The fourth-order valence-electron chi connectivity index (χ4n) is 3.42. The number of hydrogen-bond donors (Lipinski definition) is 1. The molecule has 1 N–H and O–H groups in total. The van der Waals surface area contributed by atoms with Crippen LogP contribution in [0.3, 0.4) is 0 Å². The fraction of sp³-hybridized carbons (Fsp3) is 0.300. The second-order valence-electron chi connectivity index (χ2n) is 5.96. The largest absolute Gasteiger partial charge is 0.504 e. The van der Waals surface area contributed by atoms with Gasteiger partial charge in [-0.3, -0.25) is 9.59 Å². The van der Waals surface area contributed by atoms with Gasteiger partial charge in [-0.15, -0.1) is 0 Å². The third-order valence-corrected chi connectivity index (χ3v) is 4.66. The van der Waals surface area contributed by atoms with Crippen molar-refractivity contribution in [2.24, 2.45) is 0 Å². The van der Waals surface area contributed by atoms with Crippen LogP contribution in [-0.4, -0.2) is 39.3 Å². The molecule has 7 nitrogen and oxygen atoms in total. The summed E-state index contributed by atoms with van der Waals surface area (Å²) in [5.41, 5.74) is 1.28. The molecule has 0 amide bonds. The van der Waals surface area contributed by atoms with Gasteiger partial charge in [-0.1, -0.05) is 0 Å². The third-order valence-electron chi connectivity index (χ3n) is 4.66. The number of carbonyl (C=O) groups excluding carboxylic acids is 1. The van der Waals surface area contributed by atoms with Gasteiger partial charge in [-0.2, -0.15) is 0 Å². The molecule has 1 aliphatic carbocycles. The first-order valence-electron chi connectivity index (χ1n) is 8.28. The van der Waals surface area contributed by atoms with E-state index in [-0.39, 0.29) is 47.2 Å². The van der Waals surface area contributed by atoms with Crippen molar-refractivity contribution in [1.82, 2.24) is 0 Å². The van der Waals surface area contributed by atoms with Gasteiger partial charge in [0.1, 0.15) is 0 Å². The Labute approximate surface area is 156 Å². The fourth-order valence-corrected chi connectivity index (χ4v) is 3.42. The van der Waals surface area contributed by atoms with Crippen LogP contribution in [-0.2, 0) is 6.42 Å². The molecule has 0 heterocycles. The van der Waals surface area contributed by atoms with Crippen molar-refractivity contribution in [3.63, 3.8) is 0 Å². The first kappa shape index (κ1) is 18.6. The zero-order chi connectivity index (χ0) is 19.7. The molecule has 0 fully saturated rings. The first-order chi connectivity index (χ1) is 13.0. The molecule has 2 aromatic carbocycles. The Morgan fingerprint density at radius 3 is 2.07 bits per heavy atom. The van der Waals surface area contributed by atoms with Crippen LogP contribution in [0.1, 0.15) is 22.3 Å². The van der Waals surface area contributed by atoms with Crippen LogP contribution in [0, 0.1) is 0 Å². The van der Waals surface area contributed by atoms with Gasteiger partial charge in [0.25, 0.3) is 0 Å². The number of hydrogen-bond acceptors (Lipinski definition) is 7. The minimum atomic E-state index is -0.404. The lowest BCUT2D eigenvalue weighted by atomic mass is 9.95. The highest BCUT2D eigenvalue weighted by molar-refractivity contribution is 6.05. The summed E-state index contributed by atoms with van der Waals surface area (Å²) in [6.45, 7) is 0. The van der Waals surface area contributed by atoms with E-state index in [1.807, 2.05) is 0 Å². The molecule has 0 unspecified atom stereocenters. The van der Waals surface area contributed by atoms with Crippen molar-refractivity contribution in [1.29, 1.82) is 0 Å². The summed E-state index contributed by atoms with van der Waals surface area (Å²) in [7, 11) is 5.69. The van der Waals surface area contributed by atoms with Crippen LogP contribution >= 0.6 is 0 Å². The normalized spacial score (nSPS) is 12.5. The van der Waals surface area contributed by atoms with E-state index in [9.17, 15) is 14.7 Å². The number of benzene rings is 1. The minimum Gasteiger partial charge on any atom is -0.504 e. The van der Waals surface area contributed by atoms with E-state index in [4.69, 9.17) is 18.9 Å². The van der Waals surface area contributed by atoms with Gasteiger partial charge in [0.2, 0.25) is 16.9 Å². The lowest BCUT2D eigenvalue weighted by Gasteiger charge is -2.20. The highest BCUT2D eigenvalue weighted by atomic mass is 16.5. The van der Waals surface area contributed by atoms with E-state index < -0.39 is 5.43 Å². The second kappa shape index (κ2) is 7.19. The molecule has 7 heteroatoms. The Morgan fingerprint density at radius 2 is 1.48 bits per heavy atom. The van der Waals surface area contributed by atoms with Crippen LogP contribution in [0.4, 0.5) is 0 Å². The third kappa shape index (κ3) is 2.85. The molecule has 0 aromatic heterocycles. The number of methoxy groups -OCH3 is 4. The summed E-state index contributed by atoms with van der Waals surface area (Å²) in [6, 6.07) is 4.38. The molecular formula is C20H20O7. The molecule has 0 bridgehead atoms. The second-order valence-corrected chi connectivity index (χ2v) is 5.96. The Bertz CT molecular complexity index is 979. The van der Waals surface area contributed by atoms with Crippen LogP contribution in [0.2, 0.25) is 0 Å². The van der Waals surface area contributed by atoms with Crippen molar-refractivity contribution >= 4 is 5.78 Å². The Morgan fingerprint density at radius 1 is 0.815 bits per heavy atom. The van der Waals surface area contributed by atoms with E-state index in [1.165, 1.54) is 40.6 Å². The molecule has 0 aliphatic heterocycles. The number of aromatic hydroxyl groups is 1. The van der Waals surface area contributed by atoms with E-state index >= 15 is 0 Å². The molecule has 0 spiro atoms. The molecule has 3 rings (SSSR count). The summed E-state index contributed by atoms with van der Waals surface area (Å²) in [4.78, 5) is 25.1. The summed E-state index contributed by atoms with van der Waals surface area (Å²) < 4.78 is 21.3. The molecule has 0 saturated heterocycles. The maximum absolute atomic E-state index is 12.7. The molecule has 2 aromatic rings. The van der Waals surface area contributed by atoms with Gasteiger partial charge < -0.3 is 24.1 Å². The van der Waals surface area contributed by atoms with Crippen molar-refractivity contribution in [2.45, 2.75) is 12.8 Å². The Balaban J connectivity index is 2.51. The van der Waals surface area contributed by atoms with Crippen molar-refractivity contribution in [3.05, 3.63) is 39.5 Å². The van der Waals surface area contributed by atoms with Gasteiger partial charge in [0, 0.05) is 29.2 Å². The van der Waals surface area contributed by atoms with E-state index in [2.05, 4.69) is 0 Å². The molecule has 1 aliphatic rings. The molecule has 142 valence electrons. The molecule has 0 radical (unpaired) electrons. The average molecular weight is 372 g/mol. The molecule has 0 atom stereocenters. The number of ketones is 1. The maximum atomic E-state index is 12.7. The Kier molecular flexibility index (Phi) is 4.94. The van der Waals surface area contributed by atoms with Gasteiger partial charge in [-0.25, -0.2) is 0 Å². The minimum absolute atomic E-state index is 0.112. The van der Waals surface area contributed by atoms with E-state index in [0.29, 0.717) is 22.4 Å². The van der Waals surface area contributed by atoms with Crippen LogP contribution < -0.4 is 24.4 Å². The van der Waals surface area contributed by atoms with Gasteiger partial charge >= 0.3 is 0 Å². The number of phenols is 1. The predicted molar refractivity (Wildman–Crippen MR) is 98.7 cm³/mol. The molecule has 0 saturated carbocycles. The van der Waals surface area contributed by atoms with Gasteiger partial charge in [0.15, 0.2) is 23.0 Å². The SMILES string of the molecule is COc1c(O)c2c(c(OC)c1OC)-c1ccc(OC)c(=O)cc1C(=O)CC2. The highest BCUT2D eigenvalue weighted by Gasteiger charge is 2.31. The molecular weight excluding hydrogens is 352 g/mol. The topological polar surface area (TPSA) is 91.3 Å². The monoisotopic (exact) mass is 372 g/mol. The quantitative estimate of drug-likeness (QED) is 0.882. The van der Waals surface area contributed by atoms with E-state index in [0.717, 1.165) is 0 Å². The van der Waals surface area contributed by atoms with Crippen LogP contribution in [0.15, 0.2) is 23.0 Å². The number of carbonyl (C=O) groups is 1. The van der Waals surface area contributed by atoms with Crippen molar-refractivity contribution < 1.29 is 28.8 Å². The predicted octanol–water partition coefficient (Wildman–Crippen LogP) is 2.58. The lowest BCUT2D eigenvalue weighted by Crippen LogP contribution is -2.05. The standard InChI is InChI=1S/C20H20O7/c1-24-15-8-6-10-12(9-14(15)22)13(21)7-5-11-16(10)18(25-2)20(27-4)19(26-3)17(11)23/h6,8-9,23H,5,7H2,1-4H3. The number of Topliss-reactive ketones (excluding diaryl/α,β-unsaturated/α-hetero) is 1. The van der Waals surface area contributed by atoms with Crippen LogP contribution in [0.5, 0.6) is 28.7 Å². The number of fused-ring (bicyclic) bond motifs is 3. The Hall–Kier alpha value is -3.22. The lowest BCUT2D eigenvalue weighted by molar-refractivity contribution is 0.0984. The average Bonchev–Trinajstić information content (AvgIpc) is 2.91. The maximum Gasteiger partial charge on any atom is 0.221 e. The summed E-state index contributed by atoms with van der Waals surface area (Å²) in [5, 5.41) is 10.8. The van der Waals surface area contributed by atoms with Crippen molar-refractivity contribution in [3.8, 4) is 39.9 Å². The first-order valence-corrected chi connectivity index (χ1v) is 8.28. The van der Waals surface area contributed by atoms with Crippen molar-refractivity contribution in [2.75, 3.05) is 28.4 Å². The molecule has 27 heavy (non-hydrogen) atoms. The summed E-state index contributed by atoms with van der Waals surface area (Å²) in [6.07, 6.45) is 0.387. The van der Waals surface area contributed by atoms with Crippen LogP contribution in [0.25, 0.3) is 11.1 Å². The number of phenolic OH excluding ortho intramolecular Hbond substituents is 1. The zero-order valence-electron chi connectivity index (χ0n) is 15.5. The smallest absolute Gasteiger partial charge is 0.221 e. The van der Waals surface area contributed by atoms with E-state index in [1.54, 1.807) is 6.07 Å². The number of ether oxygens (including phenoxy) is 4. The zero-order valence-corrected chi connectivity index (χ0v) is 15.5. The summed E-state index contributed by atoms with van der Waals surface area (Å²) in [5.74, 6) is 0.433. The highest BCUT2D eigenvalue weighted by Crippen LogP contribution is 2.54. The van der Waals surface area contributed by atoms with Gasteiger partial charge in [-0.05, 0) is 24.1 Å².